The van der Waals surface area contributed by atoms with E-state index in [-0.39, 0.29) is 5.82 Å². The van der Waals surface area contributed by atoms with Gasteiger partial charge in [-0.25, -0.2) is 4.39 Å². The van der Waals surface area contributed by atoms with Crippen LogP contribution in [0.1, 0.15) is 5.56 Å². The zero-order valence-corrected chi connectivity index (χ0v) is 12.8. The molecular weight excluding hydrogens is 312 g/mol. The summed E-state index contributed by atoms with van der Waals surface area (Å²) < 4.78 is 50.4. The van der Waals surface area contributed by atoms with Crippen LogP contribution >= 0.6 is 0 Å². The van der Waals surface area contributed by atoms with E-state index in [0.29, 0.717) is 43.3 Å². The Morgan fingerprint density at radius 1 is 1.30 bits per heavy atom. The van der Waals surface area contributed by atoms with Crippen molar-refractivity contribution in [3.05, 3.63) is 47.9 Å². The van der Waals surface area contributed by atoms with Crippen LogP contribution in [0.3, 0.4) is 0 Å². The van der Waals surface area contributed by atoms with Crippen LogP contribution in [0.5, 0.6) is 0 Å². The molecule has 0 saturated carbocycles. The van der Waals surface area contributed by atoms with Gasteiger partial charge in [-0.3, -0.25) is 4.79 Å². The fraction of sp³-hybridized carbons (Fsp3) is 0.438. The van der Waals surface area contributed by atoms with E-state index in [1.54, 1.807) is 11.0 Å². The molecule has 0 aliphatic carbocycles. The summed E-state index contributed by atoms with van der Waals surface area (Å²) in [5, 5.41) is 0. The Morgan fingerprint density at radius 2 is 1.96 bits per heavy atom. The first-order valence-electron chi connectivity index (χ1n) is 7.29. The van der Waals surface area contributed by atoms with Gasteiger partial charge in [0.25, 0.3) is 5.78 Å². The molecular formula is C16H19F4N2O+. The number of rotatable bonds is 4. The summed E-state index contributed by atoms with van der Waals surface area (Å²) in [6.07, 6.45) is -3.04. The van der Waals surface area contributed by atoms with Crippen molar-refractivity contribution in [1.29, 1.82) is 0 Å². The monoisotopic (exact) mass is 331 g/mol. The number of alkyl halides is 3. The molecule has 1 aromatic carbocycles. The minimum absolute atomic E-state index is 0.277. The minimum Gasteiger partial charge on any atom is -0.366 e. The third kappa shape index (κ3) is 5.06. The summed E-state index contributed by atoms with van der Waals surface area (Å²) in [7, 11) is 2.03. The van der Waals surface area contributed by atoms with Gasteiger partial charge in [-0.1, -0.05) is 12.1 Å². The summed E-state index contributed by atoms with van der Waals surface area (Å²) in [5.74, 6) is -2.12. The van der Waals surface area contributed by atoms with Gasteiger partial charge in [0.05, 0.1) is 33.2 Å². The van der Waals surface area contributed by atoms with Crippen molar-refractivity contribution in [1.82, 2.24) is 4.90 Å². The number of benzene rings is 1. The highest BCUT2D eigenvalue weighted by atomic mass is 19.4. The second kappa shape index (κ2) is 6.70. The van der Waals surface area contributed by atoms with E-state index in [9.17, 15) is 22.4 Å². The molecule has 0 N–H and O–H groups in total. The summed E-state index contributed by atoms with van der Waals surface area (Å²) in [6, 6.07) is 6.42. The van der Waals surface area contributed by atoms with Crippen molar-refractivity contribution in [3.63, 3.8) is 0 Å². The van der Waals surface area contributed by atoms with Crippen molar-refractivity contribution < 1.29 is 26.8 Å². The molecule has 1 aliphatic heterocycles. The molecule has 0 amide bonds. The fourth-order valence-corrected chi connectivity index (χ4v) is 2.61. The molecule has 1 heterocycles. The lowest BCUT2D eigenvalue weighted by atomic mass is 10.1. The molecule has 2 rings (SSSR count). The Kier molecular flexibility index (Phi) is 5.09. The SMILES string of the molecule is C[N+]1(Cc2cccc(F)c2)CCN(C=CC(=O)C(F)(F)F)CC1. The maximum atomic E-state index is 13.2. The van der Waals surface area contributed by atoms with Gasteiger partial charge in [0.2, 0.25) is 0 Å². The van der Waals surface area contributed by atoms with Crippen LogP contribution in [0.25, 0.3) is 0 Å². The second-order valence-corrected chi connectivity index (χ2v) is 6.07. The minimum atomic E-state index is -4.83. The van der Waals surface area contributed by atoms with Gasteiger partial charge in [-0.15, -0.1) is 0 Å². The highest BCUT2D eigenvalue weighted by Crippen LogP contribution is 2.19. The Hall–Kier alpha value is -1.89. The Bertz CT molecular complexity index is 590. The summed E-state index contributed by atoms with van der Waals surface area (Å²) in [6.45, 7) is 3.18. The zero-order chi connectivity index (χ0) is 17.1. The number of halogens is 4. The quantitative estimate of drug-likeness (QED) is 0.480. The highest BCUT2D eigenvalue weighted by Gasteiger charge is 2.36. The number of quaternary nitrogens is 1. The van der Waals surface area contributed by atoms with Crippen LogP contribution in [0.15, 0.2) is 36.5 Å². The standard InChI is InChI=1S/C16H19F4N2O/c1-22(12-13-3-2-4-14(17)11-13)9-7-21(8-10-22)6-5-15(23)16(18,19)20/h2-6,11H,7-10,12H2,1H3/q+1. The summed E-state index contributed by atoms with van der Waals surface area (Å²) in [5.41, 5.74) is 0.892. The Balaban J connectivity index is 1.90. The van der Waals surface area contributed by atoms with E-state index >= 15 is 0 Å². The molecule has 0 atom stereocenters. The van der Waals surface area contributed by atoms with Crippen molar-refractivity contribution in [3.8, 4) is 0 Å². The van der Waals surface area contributed by atoms with Crippen molar-refractivity contribution in [2.45, 2.75) is 12.7 Å². The van der Waals surface area contributed by atoms with Crippen molar-refractivity contribution in [2.75, 3.05) is 33.2 Å². The first-order valence-corrected chi connectivity index (χ1v) is 7.29. The molecule has 126 valence electrons. The Morgan fingerprint density at radius 3 is 2.52 bits per heavy atom. The highest BCUT2D eigenvalue weighted by molar-refractivity contribution is 5.94. The summed E-state index contributed by atoms with van der Waals surface area (Å²) in [4.78, 5) is 12.5. The lowest BCUT2D eigenvalue weighted by molar-refractivity contribution is -0.926. The maximum absolute atomic E-state index is 13.2. The van der Waals surface area contributed by atoms with E-state index in [2.05, 4.69) is 0 Å². The molecule has 23 heavy (non-hydrogen) atoms. The van der Waals surface area contributed by atoms with Crippen LogP contribution in [0.2, 0.25) is 0 Å². The van der Waals surface area contributed by atoms with Crippen molar-refractivity contribution in [2.24, 2.45) is 0 Å². The predicted octanol–water partition coefficient (Wildman–Crippen LogP) is 2.73. The van der Waals surface area contributed by atoms with Gasteiger partial charge in [0.1, 0.15) is 12.4 Å². The van der Waals surface area contributed by atoms with Gasteiger partial charge in [0, 0.05) is 17.8 Å². The molecule has 1 aliphatic rings. The normalized spacial score (nSPS) is 18.4. The van der Waals surface area contributed by atoms with Gasteiger partial charge in [-0.2, -0.15) is 13.2 Å². The van der Waals surface area contributed by atoms with Crippen LogP contribution in [-0.2, 0) is 11.3 Å². The smallest absolute Gasteiger partial charge is 0.366 e. The number of likely N-dealkylation sites (N-methyl/N-ethyl adjacent to an activating group) is 1. The molecule has 0 aromatic heterocycles. The first-order chi connectivity index (χ1) is 10.7. The third-order valence-electron chi connectivity index (χ3n) is 4.02. The van der Waals surface area contributed by atoms with Crippen LogP contribution in [0, 0.1) is 5.82 Å². The first kappa shape index (κ1) is 17.5. The van der Waals surface area contributed by atoms with Gasteiger partial charge in [0.15, 0.2) is 0 Å². The third-order valence-corrected chi connectivity index (χ3v) is 4.02. The number of piperazine rings is 1. The van der Waals surface area contributed by atoms with Crippen LogP contribution in [0.4, 0.5) is 17.6 Å². The molecule has 1 aromatic rings. The number of hydrogen-bond donors (Lipinski definition) is 0. The molecule has 7 heteroatoms. The number of carbonyl (C=O) groups excluding carboxylic acids is 1. The molecule has 0 radical (unpaired) electrons. The van der Waals surface area contributed by atoms with E-state index < -0.39 is 12.0 Å². The average Bonchev–Trinajstić information content (AvgIpc) is 2.45. The number of nitrogens with zero attached hydrogens (tertiary/aromatic N) is 2. The zero-order valence-electron chi connectivity index (χ0n) is 12.8. The van der Waals surface area contributed by atoms with Crippen LogP contribution < -0.4 is 0 Å². The van der Waals surface area contributed by atoms with E-state index in [0.717, 1.165) is 5.56 Å². The van der Waals surface area contributed by atoms with Gasteiger partial charge in [-0.05, 0) is 12.1 Å². The molecule has 0 unspecified atom stereocenters. The van der Waals surface area contributed by atoms with Gasteiger partial charge >= 0.3 is 6.18 Å². The number of hydrogen-bond acceptors (Lipinski definition) is 2. The number of carbonyl (C=O) groups is 1. The van der Waals surface area contributed by atoms with Crippen molar-refractivity contribution >= 4 is 5.78 Å². The van der Waals surface area contributed by atoms with E-state index in [4.69, 9.17) is 0 Å². The van der Waals surface area contributed by atoms with E-state index in [1.807, 2.05) is 13.1 Å². The molecule has 0 bridgehead atoms. The largest absolute Gasteiger partial charge is 0.454 e. The predicted molar refractivity (Wildman–Crippen MR) is 77.8 cm³/mol. The van der Waals surface area contributed by atoms with E-state index in [1.165, 1.54) is 18.3 Å². The lowest BCUT2D eigenvalue weighted by Gasteiger charge is -2.41. The number of allylic oxidation sites excluding steroid dienone is 1. The molecule has 3 nitrogen and oxygen atoms in total. The summed E-state index contributed by atoms with van der Waals surface area (Å²) >= 11 is 0. The Labute approximate surface area is 132 Å². The second-order valence-electron chi connectivity index (χ2n) is 6.07. The maximum Gasteiger partial charge on any atom is 0.454 e. The topological polar surface area (TPSA) is 20.3 Å². The number of ketones is 1. The van der Waals surface area contributed by atoms with Crippen LogP contribution in [-0.4, -0.2) is 54.6 Å². The molecule has 1 fully saturated rings. The lowest BCUT2D eigenvalue weighted by Crippen LogP contribution is -2.55. The fourth-order valence-electron chi connectivity index (χ4n) is 2.61. The average molecular weight is 331 g/mol. The van der Waals surface area contributed by atoms with Gasteiger partial charge < -0.3 is 9.38 Å². The molecule has 0 spiro atoms. The molecule has 1 saturated heterocycles.